The van der Waals surface area contributed by atoms with Crippen molar-refractivity contribution < 1.29 is 19.1 Å². The second-order valence-corrected chi connectivity index (χ2v) is 5.39. The molecular formula is C15H20N4O4. The molecule has 1 saturated heterocycles. The highest BCUT2D eigenvalue weighted by Gasteiger charge is 2.31. The number of ether oxygens (including phenoxy) is 1. The van der Waals surface area contributed by atoms with E-state index in [1.807, 2.05) is 32.0 Å². The molecule has 2 rings (SSSR count). The van der Waals surface area contributed by atoms with E-state index in [9.17, 15) is 14.4 Å². The predicted molar refractivity (Wildman–Crippen MR) is 83.9 cm³/mol. The Morgan fingerprint density at radius 3 is 2.61 bits per heavy atom. The van der Waals surface area contributed by atoms with E-state index in [4.69, 9.17) is 0 Å². The number of benzene rings is 1. The first-order valence-corrected chi connectivity index (χ1v) is 7.18. The van der Waals surface area contributed by atoms with Crippen LogP contribution in [0.4, 0.5) is 15.3 Å². The predicted octanol–water partition coefficient (Wildman–Crippen LogP) is 0.979. The zero-order valence-electron chi connectivity index (χ0n) is 13.3. The van der Waals surface area contributed by atoms with Crippen molar-refractivity contribution in [2.45, 2.75) is 26.3 Å². The highest BCUT2D eigenvalue weighted by molar-refractivity contribution is 5.97. The molecule has 1 aromatic carbocycles. The van der Waals surface area contributed by atoms with Crippen LogP contribution in [-0.2, 0) is 9.53 Å². The minimum atomic E-state index is -0.778. The molecule has 1 unspecified atom stereocenters. The Hall–Kier alpha value is -2.77. The van der Waals surface area contributed by atoms with Gasteiger partial charge in [0.15, 0.2) is 0 Å². The smallest absolute Gasteiger partial charge is 0.425 e. The quantitative estimate of drug-likeness (QED) is 0.707. The summed E-state index contributed by atoms with van der Waals surface area (Å²) >= 11 is 0. The third-order valence-corrected chi connectivity index (χ3v) is 3.73. The van der Waals surface area contributed by atoms with Gasteiger partial charge in [0, 0.05) is 18.7 Å². The van der Waals surface area contributed by atoms with Gasteiger partial charge in [0.2, 0.25) is 5.91 Å². The molecule has 8 heteroatoms. The minimum absolute atomic E-state index is 0.0560. The largest absolute Gasteiger partial charge is 0.452 e. The number of urea groups is 1. The number of anilines is 1. The van der Waals surface area contributed by atoms with Crippen LogP contribution in [0, 0.1) is 13.8 Å². The number of hydrazine groups is 1. The van der Waals surface area contributed by atoms with Crippen molar-refractivity contribution >= 4 is 23.7 Å². The van der Waals surface area contributed by atoms with Crippen molar-refractivity contribution in [2.75, 3.05) is 18.6 Å². The average molecular weight is 320 g/mol. The summed E-state index contributed by atoms with van der Waals surface area (Å²) < 4.78 is 4.33. The molecule has 0 aromatic heterocycles. The summed E-state index contributed by atoms with van der Waals surface area (Å²) in [6, 6.07) is 4.88. The highest BCUT2D eigenvalue weighted by atomic mass is 16.5. The van der Waals surface area contributed by atoms with Gasteiger partial charge >= 0.3 is 12.1 Å². The summed E-state index contributed by atoms with van der Waals surface area (Å²) in [5, 5.41) is 2.63. The van der Waals surface area contributed by atoms with Gasteiger partial charge in [-0.1, -0.05) is 6.07 Å². The molecule has 1 heterocycles. The average Bonchev–Trinajstić information content (AvgIpc) is 2.88. The third kappa shape index (κ3) is 4.12. The Morgan fingerprint density at radius 2 is 1.96 bits per heavy atom. The fourth-order valence-electron chi connectivity index (χ4n) is 2.33. The molecule has 0 bridgehead atoms. The highest BCUT2D eigenvalue weighted by Crippen LogP contribution is 2.23. The number of amides is 4. The summed E-state index contributed by atoms with van der Waals surface area (Å²) in [5.41, 5.74) is 7.27. The van der Waals surface area contributed by atoms with Crippen molar-refractivity contribution in [2.24, 2.45) is 0 Å². The molecule has 4 amide bonds. The Morgan fingerprint density at radius 1 is 1.22 bits per heavy atom. The molecule has 1 fully saturated rings. The van der Waals surface area contributed by atoms with Crippen molar-refractivity contribution in [3.63, 3.8) is 0 Å². The summed E-state index contributed by atoms with van der Waals surface area (Å²) in [5.74, 6) is -0.0560. The summed E-state index contributed by atoms with van der Waals surface area (Å²) in [6.45, 7) is 4.38. The van der Waals surface area contributed by atoms with Crippen molar-refractivity contribution in [1.82, 2.24) is 16.2 Å². The van der Waals surface area contributed by atoms with Gasteiger partial charge in [-0.15, -0.1) is 0 Å². The van der Waals surface area contributed by atoms with E-state index in [0.29, 0.717) is 6.54 Å². The molecule has 0 radical (unpaired) electrons. The molecule has 0 saturated carbocycles. The lowest BCUT2D eigenvalue weighted by Crippen LogP contribution is -2.50. The van der Waals surface area contributed by atoms with Crippen molar-refractivity contribution in [3.8, 4) is 0 Å². The monoisotopic (exact) mass is 320 g/mol. The van der Waals surface area contributed by atoms with Crippen molar-refractivity contribution in [3.05, 3.63) is 29.3 Å². The van der Waals surface area contributed by atoms with Crippen LogP contribution in [0.1, 0.15) is 17.5 Å². The summed E-state index contributed by atoms with van der Waals surface area (Å²) in [4.78, 5) is 36.3. The number of aryl methyl sites for hydroxylation is 2. The summed E-state index contributed by atoms with van der Waals surface area (Å²) in [6.07, 6.45) is -0.571. The van der Waals surface area contributed by atoms with Crippen LogP contribution in [-0.4, -0.2) is 37.7 Å². The SMILES string of the molecule is COC(=O)NNC(=O)NC1CC(=O)N(c2ccc(C)c(C)c2)C1. The Kier molecular flexibility index (Phi) is 5.05. The number of methoxy groups -OCH3 is 1. The van der Waals surface area contributed by atoms with Crippen LogP contribution in [0.3, 0.4) is 0 Å². The topological polar surface area (TPSA) is 99.8 Å². The van der Waals surface area contributed by atoms with Crippen LogP contribution in [0.25, 0.3) is 0 Å². The maximum Gasteiger partial charge on any atom is 0.425 e. The molecule has 124 valence electrons. The zero-order chi connectivity index (χ0) is 17.0. The number of rotatable bonds is 2. The van der Waals surface area contributed by atoms with Gasteiger partial charge in [-0.2, -0.15) is 0 Å². The molecule has 3 N–H and O–H groups in total. The molecular weight excluding hydrogens is 300 g/mol. The second-order valence-electron chi connectivity index (χ2n) is 5.39. The van der Waals surface area contributed by atoms with E-state index in [2.05, 4.69) is 20.9 Å². The fourth-order valence-corrected chi connectivity index (χ4v) is 2.33. The van der Waals surface area contributed by atoms with Crippen molar-refractivity contribution in [1.29, 1.82) is 0 Å². The van der Waals surface area contributed by atoms with Gasteiger partial charge in [-0.25, -0.2) is 20.4 Å². The zero-order valence-corrected chi connectivity index (χ0v) is 13.3. The number of nitrogens with one attached hydrogen (secondary N) is 3. The lowest BCUT2D eigenvalue weighted by atomic mass is 10.1. The normalized spacial score (nSPS) is 16.9. The molecule has 1 aliphatic heterocycles. The first kappa shape index (κ1) is 16.6. The first-order valence-electron chi connectivity index (χ1n) is 7.18. The second kappa shape index (κ2) is 6.99. The van der Waals surface area contributed by atoms with E-state index in [1.54, 1.807) is 4.90 Å². The molecule has 1 atom stereocenters. The fraction of sp³-hybridized carbons (Fsp3) is 0.400. The molecule has 8 nitrogen and oxygen atoms in total. The Labute approximate surface area is 134 Å². The van der Waals surface area contributed by atoms with E-state index in [-0.39, 0.29) is 18.4 Å². The van der Waals surface area contributed by atoms with E-state index >= 15 is 0 Å². The lowest BCUT2D eigenvalue weighted by molar-refractivity contribution is -0.117. The van der Waals surface area contributed by atoms with Crippen LogP contribution in [0.2, 0.25) is 0 Å². The number of carbonyl (C=O) groups excluding carboxylic acids is 3. The molecule has 0 aliphatic carbocycles. The summed E-state index contributed by atoms with van der Waals surface area (Å²) in [7, 11) is 1.19. The van der Waals surface area contributed by atoms with Gasteiger partial charge in [0.05, 0.1) is 13.2 Å². The number of hydrogen-bond acceptors (Lipinski definition) is 4. The van der Waals surface area contributed by atoms with E-state index in [0.717, 1.165) is 16.8 Å². The van der Waals surface area contributed by atoms with Crippen LogP contribution < -0.4 is 21.1 Å². The van der Waals surface area contributed by atoms with Gasteiger partial charge in [-0.05, 0) is 37.1 Å². The molecule has 1 aromatic rings. The minimum Gasteiger partial charge on any atom is -0.452 e. The van der Waals surface area contributed by atoms with Crippen LogP contribution in [0.15, 0.2) is 18.2 Å². The number of hydrogen-bond donors (Lipinski definition) is 3. The number of nitrogens with zero attached hydrogens (tertiary/aromatic N) is 1. The Balaban J connectivity index is 1.93. The Bertz CT molecular complexity index is 632. The van der Waals surface area contributed by atoms with Crippen LogP contribution >= 0.6 is 0 Å². The molecule has 0 spiro atoms. The maximum atomic E-state index is 12.1. The van der Waals surface area contributed by atoms with Crippen LogP contribution in [0.5, 0.6) is 0 Å². The van der Waals surface area contributed by atoms with E-state index < -0.39 is 12.1 Å². The molecule has 23 heavy (non-hydrogen) atoms. The number of carbonyl (C=O) groups is 3. The third-order valence-electron chi connectivity index (χ3n) is 3.73. The standard InChI is InChI=1S/C15H20N4O4/c1-9-4-5-12(6-10(9)2)19-8-11(7-13(19)20)16-14(21)17-18-15(22)23-3/h4-6,11H,7-8H2,1-3H3,(H,18,22)(H2,16,17,21). The van der Waals surface area contributed by atoms with Gasteiger partial charge in [-0.3, -0.25) is 4.79 Å². The van der Waals surface area contributed by atoms with Gasteiger partial charge in [0.1, 0.15) is 0 Å². The lowest BCUT2D eigenvalue weighted by Gasteiger charge is -2.18. The maximum absolute atomic E-state index is 12.1. The molecule has 1 aliphatic rings. The van der Waals surface area contributed by atoms with Gasteiger partial charge < -0.3 is 15.0 Å². The first-order chi connectivity index (χ1) is 10.9. The van der Waals surface area contributed by atoms with Gasteiger partial charge in [0.25, 0.3) is 0 Å². The van der Waals surface area contributed by atoms with E-state index in [1.165, 1.54) is 7.11 Å².